The molecule has 3 N–H and O–H groups in total. The first-order valence-corrected chi connectivity index (χ1v) is 6.43. The first kappa shape index (κ1) is 17.4. The van der Waals surface area contributed by atoms with Crippen LogP contribution in [0.5, 0.6) is 0 Å². The fourth-order valence-corrected chi connectivity index (χ4v) is 1.26. The lowest BCUT2D eigenvalue weighted by Gasteiger charge is -2.06. The first-order chi connectivity index (χ1) is 9.06. The number of amides is 3. The number of urea groups is 1. The summed E-state index contributed by atoms with van der Waals surface area (Å²) in [7, 11) is 0. The van der Waals surface area contributed by atoms with Crippen LogP contribution in [0.15, 0.2) is 0 Å². The van der Waals surface area contributed by atoms with Crippen molar-refractivity contribution in [3.05, 3.63) is 0 Å². The predicted molar refractivity (Wildman–Crippen MR) is 68.8 cm³/mol. The molecule has 7 nitrogen and oxygen atoms in total. The molecule has 0 heterocycles. The van der Waals surface area contributed by atoms with Gasteiger partial charge >= 0.3 is 12.0 Å². The van der Waals surface area contributed by atoms with Crippen LogP contribution in [0, 0.1) is 0 Å². The van der Waals surface area contributed by atoms with Crippen molar-refractivity contribution >= 4 is 17.9 Å². The molecule has 0 aromatic carbocycles. The van der Waals surface area contributed by atoms with Crippen molar-refractivity contribution in [2.75, 3.05) is 19.8 Å². The average Bonchev–Trinajstić information content (AvgIpc) is 2.33. The molecule has 0 rings (SSSR count). The summed E-state index contributed by atoms with van der Waals surface area (Å²) >= 11 is 0. The second kappa shape index (κ2) is 11.5. The quantitative estimate of drug-likeness (QED) is 0.513. The molecule has 0 aliphatic heterocycles. The van der Waals surface area contributed by atoms with Gasteiger partial charge in [0.05, 0.1) is 0 Å². The van der Waals surface area contributed by atoms with E-state index in [1.165, 1.54) is 0 Å². The Balaban J connectivity index is 3.46. The summed E-state index contributed by atoms with van der Waals surface area (Å²) in [5, 5.41) is 13.0. The molecule has 0 unspecified atom stereocenters. The highest BCUT2D eigenvalue weighted by molar-refractivity contribution is 5.94. The Hall–Kier alpha value is -1.63. The number of hydrogen-bond acceptors (Lipinski definition) is 4. The van der Waals surface area contributed by atoms with E-state index >= 15 is 0 Å². The maximum absolute atomic E-state index is 11.2. The van der Waals surface area contributed by atoms with E-state index in [2.05, 4.69) is 10.6 Å². The average molecular weight is 274 g/mol. The lowest BCUT2D eigenvalue weighted by Crippen LogP contribution is -2.40. The molecule has 19 heavy (non-hydrogen) atoms. The van der Waals surface area contributed by atoms with Gasteiger partial charge in [-0.25, -0.2) is 4.79 Å². The highest BCUT2D eigenvalue weighted by Crippen LogP contribution is 1.94. The van der Waals surface area contributed by atoms with E-state index in [-0.39, 0.29) is 19.3 Å². The number of nitrogens with one attached hydrogen (secondary N) is 2. The number of ether oxygens (including phenoxy) is 1. The van der Waals surface area contributed by atoms with Crippen LogP contribution in [0.3, 0.4) is 0 Å². The monoisotopic (exact) mass is 274 g/mol. The van der Waals surface area contributed by atoms with E-state index in [4.69, 9.17) is 9.84 Å². The van der Waals surface area contributed by atoms with Crippen LogP contribution in [-0.2, 0) is 14.3 Å². The normalized spacial score (nSPS) is 9.95. The van der Waals surface area contributed by atoms with Crippen molar-refractivity contribution in [1.82, 2.24) is 10.6 Å². The molecular formula is C12H22N2O5. The summed E-state index contributed by atoms with van der Waals surface area (Å²) in [6.45, 7) is 3.72. The van der Waals surface area contributed by atoms with Crippen LogP contribution in [0.1, 0.15) is 39.0 Å². The van der Waals surface area contributed by atoms with Crippen molar-refractivity contribution in [3.8, 4) is 0 Å². The van der Waals surface area contributed by atoms with Crippen LogP contribution in [-0.4, -0.2) is 42.8 Å². The van der Waals surface area contributed by atoms with Gasteiger partial charge in [-0.1, -0.05) is 6.92 Å². The minimum Gasteiger partial charge on any atom is -0.481 e. The molecule has 0 aliphatic rings. The molecular weight excluding hydrogens is 252 g/mol. The lowest BCUT2D eigenvalue weighted by atomic mass is 10.2. The molecule has 0 radical (unpaired) electrons. The number of imide groups is 1. The van der Waals surface area contributed by atoms with Crippen molar-refractivity contribution < 1.29 is 24.2 Å². The topological polar surface area (TPSA) is 105 Å². The number of hydrogen-bond donors (Lipinski definition) is 3. The number of carboxylic acid groups (broad SMARTS) is 1. The second-order valence-electron chi connectivity index (χ2n) is 4.02. The predicted octanol–water partition coefficient (Wildman–Crippen LogP) is 0.884. The number of carbonyl (C=O) groups is 3. The van der Waals surface area contributed by atoms with Crippen molar-refractivity contribution in [2.24, 2.45) is 0 Å². The lowest BCUT2D eigenvalue weighted by molar-refractivity contribution is -0.137. The van der Waals surface area contributed by atoms with Gasteiger partial charge in [-0.15, -0.1) is 0 Å². The molecule has 0 atom stereocenters. The maximum Gasteiger partial charge on any atom is 0.321 e. The highest BCUT2D eigenvalue weighted by atomic mass is 16.5. The van der Waals surface area contributed by atoms with Crippen LogP contribution in [0.4, 0.5) is 4.79 Å². The van der Waals surface area contributed by atoms with Gasteiger partial charge in [0, 0.05) is 32.6 Å². The van der Waals surface area contributed by atoms with Gasteiger partial charge in [0.25, 0.3) is 0 Å². The van der Waals surface area contributed by atoms with Gasteiger partial charge in [0.2, 0.25) is 5.91 Å². The Bertz CT molecular complexity index is 294. The summed E-state index contributed by atoms with van der Waals surface area (Å²) < 4.78 is 5.23. The fourth-order valence-electron chi connectivity index (χ4n) is 1.26. The van der Waals surface area contributed by atoms with E-state index in [1.54, 1.807) is 0 Å². The third kappa shape index (κ3) is 12.6. The number of aliphatic carboxylic acids is 1. The third-order valence-corrected chi connectivity index (χ3v) is 2.15. The minimum absolute atomic E-state index is 0.0271. The van der Waals surface area contributed by atoms with E-state index in [0.717, 1.165) is 6.42 Å². The Morgan fingerprint density at radius 1 is 1.11 bits per heavy atom. The molecule has 0 spiro atoms. The zero-order valence-electron chi connectivity index (χ0n) is 11.2. The highest BCUT2D eigenvalue weighted by Gasteiger charge is 2.07. The Kier molecular flexibility index (Phi) is 10.5. The molecule has 0 fully saturated rings. The van der Waals surface area contributed by atoms with Crippen LogP contribution < -0.4 is 10.6 Å². The Morgan fingerprint density at radius 2 is 1.84 bits per heavy atom. The number of carboxylic acids is 1. The van der Waals surface area contributed by atoms with Gasteiger partial charge in [-0.2, -0.15) is 0 Å². The van der Waals surface area contributed by atoms with Crippen molar-refractivity contribution in [2.45, 2.75) is 39.0 Å². The zero-order chi connectivity index (χ0) is 14.5. The van der Waals surface area contributed by atoms with Crippen molar-refractivity contribution in [1.29, 1.82) is 0 Å². The summed E-state index contributed by atoms with van der Waals surface area (Å²) in [5.74, 6) is -1.43. The second-order valence-corrected chi connectivity index (χ2v) is 4.02. The maximum atomic E-state index is 11.2. The van der Waals surface area contributed by atoms with Crippen molar-refractivity contribution in [3.63, 3.8) is 0 Å². The first-order valence-electron chi connectivity index (χ1n) is 6.43. The van der Waals surface area contributed by atoms with E-state index < -0.39 is 17.9 Å². The van der Waals surface area contributed by atoms with Gasteiger partial charge in [0.1, 0.15) is 0 Å². The zero-order valence-corrected chi connectivity index (χ0v) is 11.2. The molecule has 3 amide bonds. The van der Waals surface area contributed by atoms with Crippen LogP contribution >= 0.6 is 0 Å². The van der Waals surface area contributed by atoms with Gasteiger partial charge in [0.15, 0.2) is 0 Å². The van der Waals surface area contributed by atoms with Gasteiger partial charge < -0.3 is 15.2 Å². The van der Waals surface area contributed by atoms with E-state index in [0.29, 0.717) is 26.2 Å². The Morgan fingerprint density at radius 3 is 2.47 bits per heavy atom. The molecule has 0 saturated heterocycles. The van der Waals surface area contributed by atoms with E-state index in [9.17, 15) is 14.4 Å². The molecule has 110 valence electrons. The Labute approximate surface area is 112 Å². The smallest absolute Gasteiger partial charge is 0.321 e. The molecule has 0 saturated carbocycles. The fraction of sp³-hybridized carbons (Fsp3) is 0.750. The van der Waals surface area contributed by atoms with Gasteiger partial charge in [-0.3, -0.25) is 14.9 Å². The summed E-state index contributed by atoms with van der Waals surface area (Å²) in [6.07, 6.45) is 1.81. The molecule has 0 aromatic rings. The number of carbonyl (C=O) groups excluding carboxylic acids is 2. The molecule has 0 bridgehead atoms. The van der Waals surface area contributed by atoms with Gasteiger partial charge in [-0.05, 0) is 19.3 Å². The third-order valence-electron chi connectivity index (χ3n) is 2.15. The molecule has 0 aliphatic carbocycles. The SMILES string of the molecule is CCCOCCCNC(=O)NC(=O)CCCC(=O)O. The standard InChI is InChI=1S/C12H22N2O5/c1-2-8-19-9-4-7-13-12(18)14-10(15)5-3-6-11(16)17/h2-9H2,1H3,(H,16,17)(H2,13,14,15,18). The molecule has 7 heteroatoms. The largest absolute Gasteiger partial charge is 0.481 e. The summed E-state index contributed by atoms with van der Waals surface area (Å²) in [5.41, 5.74) is 0. The summed E-state index contributed by atoms with van der Waals surface area (Å²) in [4.78, 5) is 32.7. The van der Waals surface area contributed by atoms with E-state index in [1.807, 2.05) is 6.92 Å². The summed E-state index contributed by atoms with van der Waals surface area (Å²) in [6, 6.07) is -0.559. The number of rotatable bonds is 10. The van der Waals surface area contributed by atoms with Crippen LogP contribution in [0.25, 0.3) is 0 Å². The minimum atomic E-state index is -0.954. The molecule has 0 aromatic heterocycles. The van der Waals surface area contributed by atoms with Crippen LogP contribution in [0.2, 0.25) is 0 Å².